The molecule has 4 aliphatic heterocycles. The Bertz CT molecular complexity index is 1540. The highest BCUT2D eigenvalue weighted by Crippen LogP contribution is 2.60. The summed E-state index contributed by atoms with van der Waals surface area (Å²) < 4.78 is 0. The highest BCUT2D eigenvalue weighted by molar-refractivity contribution is 6.10. The van der Waals surface area contributed by atoms with Crippen LogP contribution >= 0.6 is 0 Å². The molecule has 1 spiro atoms. The normalized spacial score (nSPS) is 35.7. The first-order valence-corrected chi connectivity index (χ1v) is 15.9. The lowest BCUT2D eigenvalue weighted by Crippen LogP contribution is -2.57. The molecule has 4 heteroatoms. The molecule has 1 unspecified atom stereocenters. The van der Waals surface area contributed by atoms with Gasteiger partial charge in [0.2, 0.25) is 0 Å². The highest BCUT2D eigenvalue weighted by Gasteiger charge is 2.60. The van der Waals surface area contributed by atoms with Crippen molar-refractivity contribution in [2.24, 2.45) is 11.3 Å². The lowest BCUT2D eigenvalue weighted by atomic mass is 9.57. The Morgan fingerprint density at radius 1 is 0.900 bits per heavy atom. The minimum Gasteiger partial charge on any atom is -0.353 e. The number of benzene rings is 1. The number of rotatable bonds is 1. The van der Waals surface area contributed by atoms with Crippen LogP contribution in [-0.4, -0.2) is 58.0 Å². The predicted molar refractivity (Wildman–Crippen MR) is 166 cm³/mol. The van der Waals surface area contributed by atoms with Gasteiger partial charge < -0.3 is 9.88 Å². The summed E-state index contributed by atoms with van der Waals surface area (Å²) in [6.45, 7) is 4.88. The van der Waals surface area contributed by atoms with Crippen molar-refractivity contribution < 1.29 is 0 Å². The van der Waals surface area contributed by atoms with Gasteiger partial charge in [0.15, 0.2) is 0 Å². The van der Waals surface area contributed by atoms with Crippen LogP contribution in [0.1, 0.15) is 63.5 Å². The minimum atomic E-state index is 0.223. The zero-order chi connectivity index (χ0) is 26.5. The van der Waals surface area contributed by atoms with E-state index in [-0.39, 0.29) is 5.41 Å². The van der Waals surface area contributed by atoms with E-state index in [1.165, 1.54) is 111 Å². The Morgan fingerprint density at radius 2 is 1.80 bits per heavy atom. The summed E-state index contributed by atoms with van der Waals surface area (Å²) in [5, 5.41) is 2.60. The van der Waals surface area contributed by atoms with Gasteiger partial charge in [0.1, 0.15) is 0 Å². The number of H-pyrrole nitrogens is 1. The molecular formula is C36H42N4. The van der Waals surface area contributed by atoms with E-state index < -0.39 is 0 Å². The minimum absolute atomic E-state index is 0.223. The van der Waals surface area contributed by atoms with Crippen molar-refractivity contribution in [1.82, 2.24) is 19.8 Å². The summed E-state index contributed by atoms with van der Waals surface area (Å²) in [7, 11) is 0. The Kier molecular flexibility index (Phi) is 6.30. The Labute approximate surface area is 238 Å². The molecule has 2 aromatic heterocycles. The number of pyridine rings is 1. The van der Waals surface area contributed by atoms with Gasteiger partial charge in [-0.15, -0.1) is 0 Å². The van der Waals surface area contributed by atoms with E-state index in [1.807, 2.05) is 0 Å². The predicted octanol–water partition coefficient (Wildman–Crippen LogP) is 7.66. The van der Waals surface area contributed by atoms with Crippen LogP contribution in [-0.2, 0) is 0 Å². The van der Waals surface area contributed by atoms with Crippen LogP contribution in [0.4, 0.5) is 0 Å². The molecule has 4 nitrogen and oxygen atoms in total. The molecule has 1 aliphatic carbocycles. The molecule has 1 aromatic carbocycles. The molecule has 206 valence electrons. The molecule has 1 N–H and O–H groups in total. The molecule has 5 aliphatic rings. The third-order valence-electron chi connectivity index (χ3n) is 10.7. The molecule has 0 amide bonds. The molecule has 3 aromatic rings. The molecule has 8 rings (SSSR count). The summed E-state index contributed by atoms with van der Waals surface area (Å²) in [4.78, 5) is 14.7. The largest absolute Gasteiger partial charge is 0.353 e. The van der Waals surface area contributed by atoms with E-state index in [1.54, 1.807) is 5.57 Å². The van der Waals surface area contributed by atoms with E-state index in [9.17, 15) is 0 Å². The maximum absolute atomic E-state index is 5.16. The first kappa shape index (κ1) is 24.8. The van der Waals surface area contributed by atoms with Crippen molar-refractivity contribution in [2.75, 3.05) is 26.2 Å². The molecule has 0 radical (unpaired) electrons. The summed E-state index contributed by atoms with van der Waals surface area (Å²) in [6.07, 6.45) is 28.3. The number of para-hydroxylation sites is 1. The molecule has 40 heavy (non-hydrogen) atoms. The van der Waals surface area contributed by atoms with Crippen molar-refractivity contribution in [3.8, 4) is 0 Å². The van der Waals surface area contributed by atoms with Crippen molar-refractivity contribution in [3.05, 3.63) is 84.3 Å². The molecule has 5 atom stereocenters. The van der Waals surface area contributed by atoms with Gasteiger partial charge >= 0.3 is 0 Å². The average Bonchev–Trinajstić information content (AvgIpc) is 3.48. The number of piperidine rings is 1. The number of hydrogen-bond donors (Lipinski definition) is 1. The molecule has 2 saturated heterocycles. The fourth-order valence-electron chi connectivity index (χ4n) is 9.06. The Hall–Kier alpha value is -2.95. The second-order valence-electron chi connectivity index (χ2n) is 12.9. The number of allylic oxidation sites excluding steroid dienone is 5. The van der Waals surface area contributed by atoms with Crippen LogP contribution in [0, 0.1) is 11.3 Å². The van der Waals surface area contributed by atoms with Gasteiger partial charge in [-0.2, -0.15) is 0 Å². The smallest absolute Gasteiger partial charge is 0.0905 e. The molecule has 0 saturated carbocycles. The Balaban J connectivity index is 1.34. The molecule has 2 fully saturated rings. The lowest BCUT2D eigenvalue weighted by Gasteiger charge is -2.54. The zero-order valence-corrected chi connectivity index (χ0v) is 23.7. The second-order valence-corrected chi connectivity index (χ2v) is 12.9. The van der Waals surface area contributed by atoms with E-state index in [4.69, 9.17) is 4.98 Å². The van der Waals surface area contributed by atoms with Crippen molar-refractivity contribution in [3.63, 3.8) is 0 Å². The monoisotopic (exact) mass is 530 g/mol. The summed E-state index contributed by atoms with van der Waals surface area (Å²) in [5.74, 6) is 0.526. The maximum atomic E-state index is 5.16. The van der Waals surface area contributed by atoms with Gasteiger partial charge in [0.25, 0.3) is 0 Å². The van der Waals surface area contributed by atoms with Crippen LogP contribution in [0.15, 0.2) is 78.6 Å². The molecule has 6 heterocycles. The SMILES string of the molecule is C1=C(c2nccc3c2[nH]c2ccccc23)[C@@H]2CCN3CCCC/C=C\C/C=C/1[C@H]1N4CCCC/C=C\[C@H]4C[C@]21C3. The third kappa shape index (κ3) is 3.98. The van der Waals surface area contributed by atoms with E-state index in [0.717, 1.165) is 6.42 Å². The van der Waals surface area contributed by atoms with Crippen molar-refractivity contribution in [1.29, 1.82) is 0 Å². The summed E-state index contributed by atoms with van der Waals surface area (Å²) in [5.41, 5.74) is 6.86. The average molecular weight is 531 g/mol. The maximum Gasteiger partial charge on any atom is 0.0905 e. The standard InChI is InChI=1S/C36H42N4/c1-2-5-11-20-39-22-18-31-30(33-34-29(17-19-37-33)28-15-9-10-16-32(28)38-34)23-26(13-7-3-1)35-36(31,25-39)24-27-14-8-4-6-12-21-40(27)35/h1,3,8-10,13-17,19,23,27,31,35,38H,2,4-7,11-12,18,20-22,24-25H2/b3-1-,14-8-,26-13-/t27-,31-,35+,36-/m0/s1. The topological polar surface area (TPSA) is 35.2 Å². The van der Waals surface area contributed by atoms with E-state index >= 15 is 0 Å². The Morgan fingerprint density at radius 3 is 2.77 bits per heavy atom. The number of nitrogens with one attached hydrogen (secondary N) is 1. The van der Waals surface area contributed by atoms with E-state index in [0.29, 0.717) is 18.0 Å². The second kappa shape index (κ2) is 10.2. The molecular weight excluding hydrogens is 488 g/mol. The van der Waals surface area contributed by atoms with Gasteiger partial charge in [0.05, 0.1) is 11.2 Å². The van der Waals surface area contributed by atoms with Crippen LogP contribution in [0.5, 0.6) is 0 Å². The lowest BCUT2D eigenvalue weighted by molar-refractivity contribution is 0.0287. The fourth-order valence-corrected chi connectivity index (χ4v) is 9.06. The van der Waals surface area contributed by atoms with Gasteiger partial charge in [-0.25, -0.2) is 0 Å². The quantitative estimate of drug-likeness (QED) is 0.328. The number of nitrogens with zero attached hydrogens (tertiary/aromatic N) is 3. The van der Waals surface area contributed by atoms with Crippen LogP contribution in [0.3, 0.4) is 0 Å². The third-order valence-corrected chi connectivity index (χ3v) is 10.7. The first-order chi connectivity index (χ1) is 19.8. The van der Waals surface area contributed by atoms with Crippen LogP contribution in [0.2, 0.25) is 0 Å². The van der Waals surface area contributed by atoms with Crippen molar-refractivity contribution in [2.45, 2.75) is 69.9 Å². The van der Waals surface area contributed by atoms with Gasteiger partial charge in [-0.1, -0.05) is 54.7 Å². The van der Waals surface area contributed by atoms with Crippen LogP contribution in [0.25, 0.3) is 27.4 Å². The van der Waals surface area contributed by atoms with Gasteiger partial charge in [-0.3, -0.25) is 9.88 Å². The molecule has 3 bridgehead atoms. The van der Waals surface area contributed by atoms with Crippen LogP contribution < -0.4 is 0 Å². The van der Waals surface area contributed by atoms with Gasteiger partial charge in [-0.05, 0) is 107 Å². The number of hydrogen-bond acceptors (Lipinski definition) is 3. The first-order valence-electron chi connectivity index (χ1n) is 15.9. The number of aromatic amines is 1. The zero-order valence-electron chi connectivity index (χ0n) is 23.7. The van der Waals surface area contributed by atoms with E-state index in [2.05, 4.69) is 87.8 Å². The fraction of sp³-hybridized carbons (Fsp3) is 0.472. The number of aromatic nitrogens is 2. The van der Waals surface area contributed by atoms with Gasteiger partial charge in [0, 0.05) is 46.5 Å². The summed E-state index contributed by atoms with van der Waals surface area (Å²) in [6, 6.07) is 12.0. The number of fused-ring (bicyclic) bond motifs is 5. The highest BCUT2D eigenvalue weighted by atomic mass is 15.3. The van der Waals surface area contributed by atoms with Crippen molar-refractivity contribution >= 4 is 27.4 Å². The summed E-state index contributed by atoms with van der Waals surface area (Å²) >= 11 is 0.